The third kappa shape index (κ3) is 3.60. The van der Waals surface area contributed by atoms with E-state index in [0.29, 0.717) is 17.9 Å². The van der Waals surface area contributed by atoms with E-state index in [2.05, 4.69) is 33.7 Å². The van der Waals surface area contributed by atoms with Crippen molar-refractivity contribution in [3.8, 4) is 0 Å². The molecule has 1 amide bonds. The lowest BCUT2D eigenvalue weighted by Gasteiger charge is -2.27. The van der Waals surface area contributed by atoms with Crippen LogP contribution in [0.1, 0.15) is 50.5 Å². The van der Waals surface area contributed by atoms with Crippen molar-refractivity contribution in [1.82, 2.24) is 19.8 Å². The van der Waals surface area contributed by atoms with Crippen LogP contribution in [-0.4, -0.2) is 39.5 Å². The number of hydrogen-bond donors (Lipinski definition) is 1. The van der Waals surface area contributed by atoms with E-state index in [1.165, 1.54) is 25.0 Å². The standard InChI is InChI=1S/C18H30N4O/c1-4-6-15-10-22(11-16-9-19-13(2)21(16)3)12-17(15)20-18(23)14-7-5-8-14/h9,14-15,17H,4-8,10-12H2,1-3H3,(H,20,23). The lowest BCUT2D eigenvalue weighted by molar-refractivity contribution is -0.128. The molecule has 2 atom stereocenters. The second-order valence-electron chi connectivity index (χ2n) is 7.34. The number of imidazole rings is 1. The number of carbonyl (C=O) groups excluding carboxylic acids is 1. The largest absolute Gasteiger partial charge is 0.352 e. The molecule has 0 radical (unpaired) electrons. The van der Waals surface area contributed by atoms with Gasteiger partial charge in [-0.3, -0.25) is 9.69 Å². The Morgan fingerprint density at radius 3 is 2.74 bits per heavy atom. The van der Waals surface area contributed by atoms with Crippen molar-refractivity contribution >= 4 is 5.91 Å². The van der Waals surface area contributed by atoms with E-state index >= 15 is 0 Å². The van der Waals surface area contributed by atoms with Gasteiger partial charge in [-0.25, -0.2) is 4.98 Å². The van der Waals surface area contributed by atoms with Crippen LogP contribution < -0.4 is 5.32 Å². The maximum absolute atomic E-state index is 12.3. The van der Waals surface area contributed by atoms with Crippen LogP contribution in [0, 0.1) is 18.8 Å². The highest BCUT2D eigenvalue weighted by Gasteiger charge is 2.35. The Labute approximate surface area is 139 Å². The molecule has 1 N–H and O–H groups in total. The van der Waals surface area contributed by atoms with Crippen LogP contribution in [0.25, 0.3) is 0 Å². The molecule has 1 aromatic rings. The predicted molar refractivity (Wildman–Crippen MR) is 90.9 cm³/mol. The minimum atomic E-state index is 0.283. The smallest absolute Gasteiger partial charge is 0.223 e. The summed E-state index contributed by atoms with van der Waals surface area (Å²) in [5.74, 6) is 2.21. The number of nitrogens with one attached hydrogen (secondary N) is 1. The van der Waals surface area contributed by atoms with Gasteiger partial charge >= 0.3 is 0 Å². The second kappa shape index (κ2) is 7.04. The van der Waals surface area contributed by atoms with Gasteiger partial charge in [-0.1, -0.05) is 19.8 Å². The van der Waals surface area contributed by atoms with Crippen LogP contribution in [0.4, 0.5) is 0 Å². The Bertz CT molecular complexity index is 549. The van der Waals surface area contributed by atoms with Gasteiger partial charge in [0.25, 0.3) is 0 Å². The van der Waals surface area contributed by atoms with Crippen molar-refractivity contribution in [2.75, 3.05) is 13.1 Å². The summed E-state index contributed by atoms with van der Waals surface area (Å²) in [6.07, 6.45) is 7.72. The number of carbonyl (C=O) groups is 1. The van der Waals surface area contributed by atoms with Crippen molar-refractivity contribution in [1.29, 1.82) is 0 Å². The van der Waals surface area contributed by atoms with E-state index in [0.717, 1.165) is 38.3 Å². The molecule has 1 saturated carbocycles. The summed E-state index contributed by atoms with van der Waals surface area (Å²) in [5.41, 5.74) is 1.25. The van der Waals surface area contributed by atoms with Gasteiger partial charge in [0.1, 0.15) is 5.82 Å². The predicted octanol–water partition coefficient (Wildman–Crippen LogP) is 2.25. The van der Waals surface area contributed by atoms with Gasteiger partial charge in [0.2, 0.25) is 5.91 Å². The fourth-order valence-electron chi connectivity index (χ4n) is 3.81. The molecular weight excluding hydrogens is 288 g/mol. The molecule has 128 valence electrons. The van der Waals surface area contributed by atoms with Gasteiger partial charge in [0, 0.05) is 44.8 Å². The zero-order chi connectivity index (χ0) is 16.4. The summed E-state index contributed by atoms with van der Waals surface area (Å²) in [7, 11) is 2.08. The van der Waals surface area contributed by atoms with Gasteiger partial charge in [0.15, 0.2) is 0 Å². The zero-order valence-corrected chi connectivity index (χ0v) is 14.7. The van der Waals surface area contributed by atoms with E-state index in [1.54, 1.807) is 0 Å². The Kier molecular flexibility index (Phi) is 5.05. The average molecular weight is 318 g/mol. The topological polar surface area (TPSA) is 50.2 Å². The van der Waals surface area contributed by atoms with E-state index in [-0.39, 0.29) is 5.92 Å². The van der Waals surface area contributed by atoms with Gasteiger partial charge < -0.3 is 9.88 Å². The number of amides is 1. The minimum Gasteiger partial charge on any atom is -0.352 e. The molecule has 1 aliphatic heterocycles. The lowest BCUT2D eigenvalue weighted by atomic mass is 9.84. The maximum Gasteiger partial charge on any atom is 0.223 e. The van der Waals surface area contributed by atoms with Crippen LogP contribution in [-0.2, 0) is 18.4 Å². The molecule has 1 aliphatic carbocycles. The SMILES string of the molecule is CCCC1CN(Cc2cnc(C)n2C)CC1NC(=O)C1CCC1. The Morgan fingerprint density at radius 2 is 2.17 bits per heavy atom. The second-order valence-corrected chi connectivity index (χ2v) is 7.34. The monoisotopic (exact) mass is 318 g/mol. The normalized spacial score (nSPS) is 25.5. The van der Waals surface area contributed by atoms with E-state index in [4.69, 9.17) is 0 Å². The molecule has 2 heterocycles. The molecule has 23 heavy (non-hydrogen) atoms. The molecule has 2 unspecified atom stereocenters. The molecule has 5 heteroatoms. The minimum absolute atomic E-state index is 0.283. The van der Waals surface area contributed by atoms with Gasteiger partial charge in [-0.15, -0.1) is 0 Å². The summed E-state index contributed by atoms with van der Waals surface area (Å²) in [6.45, 7) is 7.24. The molecule has 5 nitrogen and oxygen atoms in total. The van der Waals surface area contributed by atoms with E-state index < -0.39 is 0 Å². The quantitative estimate of drug-likeness (QED) is 0.875. The molecule has 2 aliphatic rings. The molecule has 0 spiro atoms. The molecule has 1 aromatic heterocycles. The molecule has 0 aromatic carbocycles. The van der Waals surface area contributed by atoms with Gasteiger partial charge in [0.05, 0.1) is 5.69 Å². The first-order valence-corrected chi connectivity index (χ1v) is 9.08. The van der Waals surface area contributed by atoms with Crippen LogP contribution in [0.3, 0.4) is 0 Å². The molecule has 0 bridgehead atoms. The molecular formula is C18H30N4O. The Morgan fingerprint density at radius 1 is 1.39 bits per heavy atom. The molecule has 1 saturated heterocycles. The fourth-order valence-corrected chi connectivity index (χ4v) is 3.81. The summed E-state index contributed by atoms with van der Waals surface area (Å²) in [5, 5.41) is 3.35. The number of hydrogen-bond acceptors (Lipinski definition) is 3. The maximum atomic E-state index is 12.3. The third-order valence-electron chi connectivity index (χ3n) is 5.68. The average Bonchev–Trinajstić information content (AvgIpc) is 2.96. The number of aromatic nitrogens is 2. The van der Waals surface area contributed by atoms with Crippen molar-refractivity contribution in [2.45, 2.75) is 58.5 Å². The zero-order valence-electron chi connectivity index (χ0n) is 14.7. The Hall–Kier alpha value is -1.36. The van der Waals surface area contributed by atoms with Crippen molar-refractivity contribution in [2.24, 2.45) is 18.9 Å². The van der Waals surface area contributed by atoms with E-state index in [1.807, 2.05) is 13.1 Å². The first kappa shape index (κ1) is 16.5. The van der Waals surface area contributed by atoms with Crippen LogP contribution >= 0.6 is 0 Å². The van der Waals surface area contributed by atoms with Crippen molar-refractivity contribution in [3.63, 3.8) is 0 Å². The van der Waals surface area contributed by atoms with Gasteiger partial charge in [-0.05, 0) is 32.1 Å². The highest BCUT2D eigenvalue weighted by molar-refractivity contribution is 5.79. The van der Waals surface area contributed by atoms with Crippen LogP contribution in [0.15, 0.2) is 6.20 Å². The van der Waals surface area contributed by atoms with Crippen LogP contribution in [0.2, 0.25) is 0 Å². The number of nitrogens with zero attached hydrogens (tertiary/aromatic N) is 3. The van der Waals surface area contributed by atoms with Crippen molar-refractivity contribution in [3.05, 3.63) is 17.7 Å². The molecule has 2 fully saturated rings. The lowest BCUT2D eigenvalue weighted by Crippen LogP contribution is -2.45. The van der Waals surface area contributed by atoms with Crippen molar-refractivity contribution < 1.29 is 4.79 Å². The summed E-state index contributed by atoms with van der Waals surface area (Å²) in [6, 6.07) is 0.317. The first-order chi connectivity index (χ1) is 11.1. The summed E-state index contributed by atoms with van der Waals surface area (Å²) in [4.78, 5) is 19.2. The van der Waals surface area contributed by atoms with Gasteiger partial charge in [-0.2, -0.15) is 0 Å². The molecule has 3 rings (SSSR count). The summed E-state index contributed by atoms with van der Waals surface area (Å²) < 4.78 is 2.16. The fraction of sp³-hybridized carbons (Fsp3) is 0.778. The highest BCUT2D eigenvalue weighted by atomic mass is 16.2. The highest BCUT2D eigenvalue weighted by Crippen LogP contribution is 2.28. The van der Waals surface area contributed by atoms with Crippen LogP contribution in [0.5, 0.6) is 0 Å². The number of aryl methyl sites for hydroxylation is 1. The number of likely N-dealkylation sites (tertiary alicyclic amines) is 1. The third-order valence-corrected chi connectivity index (χ3v) is 5.68. The summed E-state index contributed by atoms with van der Waals surface area (Å²) >= 11 is 0. The number of rotatable bonds is 6. The first-order valence-electron chi connectivity index (χ1n) is 9.08. The van der Waals surface area contributed by atoms with E-state index in [9.17, 15) is 4.79 Å². The Balaban J connectivity index is 1.60.